The smallest absolute Gasteiger partial charge is 0.171 e. The highest BCUT2D eigenvalue weighted by Gasteiger charge is 2.12. The van der Waals surface area contributed by atoms with Crippen LogP contribution in [-0.4, -0.2) is 14.8 Å². The molecule has 4 nitrogen and oxygen atoms in total. The zero-order valence-corrected chi connectivity index (χ0v) is 12.3. The zero-order chi connectivity index (χ0) is 14.2. The Morgan fingerprint density at radius 1 is 1.32 bits per heavy atom. The minimum absolute atomic E-state index is 0.401. The molecule has 5 heteroatoms. The first-order chi connectivity index (χ1) is 8.90. The average Bonchev–Trinajstić information content (AvgIpc) is 2.56. The Labute approximate surface area is 118 Å². The standard InChI is InChI=1S/C14H17N3OS/c1-8-7-11(5-6-12(8)14(15)19)18-13-9(2)16-17(4)10(13)3/h5-7H,1-4H3,(H2,15,19). The van der Waals surface area contributed by atoms with Crippen molar-refractivity contribution in [3.05, 3.63) is 40.7 Å². The highest BCUT2D eigenvalue weighted by Crippen LogP contribution is 2.29. The van der Waals surface area contributed by atoms with Gasteiger partial charge in [-0.1, -0.05) is 12.2 Å². The summed E-state index contributed by atoms with van der Waals surface area (Å²) >= 11 is 4.99. The van der Waals surface area contributed by atoms with Gasteiger partial charge < -0.3 is 10.5 Å². The van der Waals surface area contributed by atoms with Crippen LogP contribution >= 0.6 is 12.2 Å². The van der Waals surface area contributed by atoms with Crippen molar-refractivity contribution in [1.82, 2.24) is 9.78 Å². The maximum atomic E-state index is 5.91. The molecule has 0 saturated carbocycles. The number of benzene rings is 1. The van der Waals surface area contributed by atoms with E-state index < -0.39 is 0 Å². The lowest BCUT2D eigenvalue weighted by Gasteiger charge is -2.09. The predicted molar refractivity (Wildman–Crippen MR) is 79.8 cm³/mol. The van der Waals surface area contributed by atoms with E-state index in [9.17, 15) is 0 Å². The van der Waals surface area contributed by atoms with Gasteiger partial charge in [0, 0.05) is 12.6 Å². The Bertz CT molecular complexity index is 646. The molecule has 0 amide bonds. The first-order valence-corrected chi connectivity index (χ1v) is 6.39. The molecule has 0 fully saturated rings. The minimum Gasteiger partial charge on any atom is -0.453 e. The summed E-state index contributed by atoms with van der Waals surface area (Å²) in [4.78, 5) is 0.401. The number of rotatable bonds is 3. The molecule has 2 N–H and O–H groups in total. The summed E-state index contributed by atoms with van der Waals surface area (Å²) in [6.45, 7) is 5.87. The third-order valence-electron chi connectivity index (χ3n) is 3.13. The fraction of sp³-hybridized carbons (Fsp3) is 0.286. The molecule has 0 spiro atoms. The Kier molecular flexibility index (Phi) is 3.57. The van der Waals surface area contributed by atoms with E-state index in [-0.39, 0.29) is 0 Å². The van der Waals surface area contributed by atoms with Crippen molar-refractivity contribution in [3.8, 4) is 11.5 Å². The van der Waals surface area contributed by atoms with E-state index in [2.05, 4.69) is 5.10 Å². The van der Waals surface area contributed by atoms with Crippen LogP contribution in [0.1, 0.15) is 22.5 Å². The minimum atomic E-state index is 0.401. The molecule has 2 aromatic rings. The zero-order valence-electron chi connectivity index (χ0n) is 11.5. The Morgan fingerprint density at radius 2 is 2.00 bits per heavy atom. The number of thiocarbonyl (C=S) groups is 1. The normalized spacial score (nSPS) is 10.5. The lowest BCUT2D eigenvalue weighted by Crippen LogP contribution is -2.10. The van der Waals surface area contributed by atoms with Gasteiger partial charge in [0.15, 0.2) is 5.75 Å². The lowest BCUT2D eigenvalue weighted by molar-refractivity contribution is 0.473. The van der Waals surface area contributed by atoms with Crippen molar-refractivity contribution in [3.63, 3.8) is 0 Å². The molecule has 0 unspecified atom stereocenters. The van der Waals surface area contributed by atoms with Gasteiger partial charge in [0.2, 0.25) is 0 Å². The third-order valence-corrected chi connectivity index (χ3v) is 3.35. The number of ether oxygens (including phenoxy) is 1. The van der Waals surface area contributed by atoms with Crippen molar-refractivity contribution in [2.24, 2.45) is 12.8 Å². The van der Waals surface area contributed by atoms with Crippen LogP contribution in [0, 0.1) is 20.8 Å². The quantitative estimate of drug-likeness (QED) is 0.875. The number of nitrogens with two attached hydrogens (primary N) is 1. The summed E-state index contributed by atoms with van der Waals surface area (Å²) in [5.41, 5.74) is 9.39. The van der Waals surface area contributed by atoms with Gasteiger partial charge in [0.1, 0.15) is 16.4 Å². The summed E-state index contributed by atoms with van der Waals surface area (Å²) < 4.78 is 7.72. The Morgan fingerprint density at radius 3 is 2.47 bits per heavy atom. The summed E-state index contributed by atoms with van der Waals surface area (Å²) in [6.07, 6.45) is 0. The number of nitrogens with zero attached hydrogens (tertiary/aromatic N) is 2. The molecule has 1 aromatic carbocycles. The number of hydrogen-bond acceptors (Lipinski definition) is 3. The number of aromatic nitrogens is 2. The van der Waals surface area contributed by atoms with Gasteiger partial charge in [-0.2, -0.15) is 5.10 Å². The van der Waals surface area contributed by atoms with Gasteiger partial charge in [-0.25, -0.2) is 0 Å². The molecule has 19 heavy (non-hydrogen) atoms. The van der Waals surface area contributed by atoms with E-state index in [1.807, 2.05) is 46.0 Å². The molecular formula is C14H17N3OS. The molecule has 0 radical (unpaired) electrons. The Balaban J connectivity index is 2.34. The van der Waals surface area contributed by atoms with Gasteiger partial charge in [-0.15, -0.1) is 0 Å². The molecular weight excluding hydrogens is 258 g/mol. The second-order valence-corrected chi connectivity index (χ2v) is 5.01. The third kappa shape index (κ3) is 2.61. The Hall–Kier alpha value is -1.88. The van der Waals surface area contributed by atoms with Crippen LogP contribution in [0.25, 0.3) is 0 Å². The maximum absolute atomic E-state index is 5.91. The highest BCUT2D eigenvalue weighted by atomic mass is 32.1. The first-order valence-electron chi connectivity index (χ1n) is 5.98. The maximum Gasteiger partial charge on any atom is 0.171 e. The van der Waals surface area contributed by atoms with Crippen LogP contribution in [0.15, 0.2) is 18.2 Å². The number of aryl methyl sites for hydroxylation is 3. The SMILES string of the molecule is Cc1cc(Oc2c(C)nn(C)c2C)ccc1C(N)=S. The van der Waals surface area contributed by atoms with Crippen LogP contribution < -0.4 is 10.5 Å². The second-order valence-electron chi connectivity index (χ2n) is 4.57. The summed E-state index contributed by atoms with van der Waals surface area (Å²) in [5, 5.41) is 4.33. The number of hydrogen-bond donors (Lipinski definition) is 1. The van der Waals surface area contributed by atoms with E-state index in [0.29, 0.717) is 4.99 Å². The van der Waals surface area contributed by atoms with Gasteiger partial charge >= 0.3 is 0 Å². The molecule has 0 saturated heterocycles. The molecule has 100 valence electrons. The van der Waals surface area contributed by atoms with Crippen LogP contribution in [0.5, 0.6) is 11.5 Å². The molecule has 1 aromatic heterocycles. The van der Waals surface area contributed by atoms with Crippen molar-refractivity contribution in [2.75, 3.05) is 0 Å². The summed E-state index contributed by atoms with van der Waals surface area (Å²) in [6, 6.07) is 5.68. The van der Waals surface area contributed by atoms with E-state index >= 15 is 0 Å². The van der Waals surface area contributed by atoms with E-state index in [1.54, 1.807) is 4.68 Å². The molecule has 0 aliphatic heterocycles. The first kappa shape index (κ1) is 13.5. The predicted octanol–water partition coefficient (Wildman–Crippen LogP) is 2.77. The second kappa shape index (κ2) is 5.01. The molecule has 0 atom stereocenters. The van der Waals surface area contributed by atoms with Crippen molar-refractivity contribution >= 4 is 17.2 Å². The largest absolute Gasteiger partial charge is 0.453 e. The lowest BCUT2D eigenvalue weighted by atomic mass is 10.1. The average molecular weight is 275 g/mol. The van der Waals surface area contributed by atoms with Crippen molar-refractivity contribution < 1.29 is 4.74 Å². The molecule has 2 rings (SSSR count). The fourth-order valence-corrected chi connectivity index (χ4v) is 2.22. The molecule has 1 heterocycles. The topological polar surface area (TPSA) is 53.1 Å². The van der Waals surface area contributed by atoms with Gasteiger partial charge in [0.05, 0.1) is 5.69 Å². The molecule has 0 aliphatic rings. The van der Waals surface area contributed by atoms with E-state index in [1.165, 1.54) is 0 Å². The monoisotopic (exact) mass is 275 g/mol. The van der Waals surface area contributed by atoms with Gasteiger partial charge in [-0.3, -0.25) is 4.68 Å². The van der Waals surface area contributed by atoms with Crippen LogP contribution in [0.2, 0.25) is 0 Å². The van der Waals surface area contributed by atoms with E-state index in [4.69, 9.17) is 22.7 Å². The van der Waals surface area contributed by atoms with Gasteiger partial charge in [-0.05, 0) is 44.5 Å². The molecule has 0 aliphatic carbocycles. The van der Waals surface area contributed by atoms with Crippen LogP contribution in [0.4, 0.5) is 0 Å². The van der Waals surface area contributed by atoms with Crippen molar-refractivity contribution in [1.29, 1.82) is 0 Å². The summed E-state index contributed by atoms with van der Waals surface area (Å²) in [5.74, 6) is 1.56. The van der Waals surface area contributed by atoms with Crippen molar-refractivity contribution in [2.45, 2.75) is 20.8 Å². The van der Waals surface area contributed by atoms with E-state index in [0.717, 1.165) is 34.0 Å². The summed E-state index contributed by atoms with van der Waals surface area (Å²) in [7, 11) is 1.90. The fourth-order valence-electron chi connectivity index (χ4n) is 2.00. The van der Waals surface area contributed by atoms with Crippen LogP contribution in [-0.2, 0) is 7.05 Å². The highest BCUT2D eigenvalue weighted by molar-refractivity contribution is 7.80. The van der Waals surface area contributed by atoms with Gasteiger partial charge in [0.25, 0.3) is 0 Å². The van der Waals surface area contributed by atoms with Crippen LogP contribution in [0.3, 0.4) is 0 Å². The molecule has 0 bridgehead atoms.